The van der Waals surface area contributed by atoms with Gasteiger partial charge in [0, 0.05) is 16.8 Å². The molecule has 0 aliphatic rings. The van der Waals surface area contributed by atoms with E-state index in [0.717, 1.165) is 40.1 Å². The van der Waals surface area contributed by atoms with Crippen LogP contribution in [0, 0.1) is 0 Å². The van der Waals surface area contributed by atoms with E-state index in [-0.39, 0.29) is 5.91 Å². The van der Waals surface area contributed by atoms with Crippen LogP contribution in [0.4, 0.5) is 5.69 Å². The molecule has 0 saturated carbocycles. The van der Waals surface area contributed by atoms with E-state index in [4.69, 9.17) is 9.47 Å². The van der Waals surface area contributed by atoms with Crippen LogP contribution in [0.15, 0.2) is 97.1 Å². The Kier molecular flexibility index (Phi) is 7.06. The normalized spacial score (nSPS) is 10.5. The number of carbonyl (C=O) groups is 1. The van der Waals surface area contributed by atoms with Crippen LogP contribution < -0.4 is 14.8 Å². The Labute approximate surface area is 194 Å². The maximum Gasteiger partial charge on any atom is 0.255 e. The van der Waals surface area contributed by atoms with Crippen LogP contribution in [0.5, 0.6) is 11.5 Å². The lowest BCUT2D eigenvalue weighted by molar-refractivity contribution is 0.102. The summed E-state index contributed by atoms with van der Waals surface area (Å²) in [5.74, 6) is 1.27. The highest BCUT2D eigenvalue weighted by molar-refractivity contribution is 6.04. The minimum atomic E-state index is -0.160. The summed E-state index contributed by atoms with van der Waals surface area (Å²) < 4.78 is 11.5. The standard InChI is InChI=1S/C29H27NO3/c1-3-21-9-7-8-12-27(21)30-29(31)24-15-18-28(32-2)25(19-24)20-33-26-16-13-23(14-17-26)22-10-5-4-6-11-22/h4-19H,3,20H2,1-2H3,(H,30,31). The summed E-state index contributed by atoms with van der Waals surface area (Å²) in [7, 11) is 1.62. The van der Waals surface area contributed by atoms with Gasteiger partial charge in [-0.1, -0.05) is 67.6 Å². The van der Waals surface area contributed by atoms with Crippen molar-refractivity contribution in [2.75, 3.05) is 12.4 Å². The van der Waals surface area contributed by atoms with Crippen molar-refractivity contribution in [2.45, 2.75) is 20.0 Å². The monoisotopic (exact) mass is 437 g/mol. The quantitative estimate of drug-likeness (QED) is 0.331. The highest BCUT2D eigenvalue weighted by Gasteiger charge is 2.13. The zero-order valence-corrected chi connectivity index (χ0v) is 18.9. The van der Waals surface area contributed by atoms with Gasteiger partial charge < -0.3 is 14.8 Å². The maximum atomic E-state index is 12.9. The number of anilines is 1. The van der Waals surface area contributed by atoms with Crippen molar-refractivity contribution in [3.63, 3.8) is 0 Å². The fourth-order valence-corrected chi connectivity index (χ4v) is 3.71. The molecule has 0 spiro atoms. The van der Waals surface area contributed by atoms with Crippen molar-refractivity contribution in [1.29, 1.82) is 0 Å². The van der Waals surface area contributed by atoms with Crippen LogP contribution in [-0.2, 0) is 13.0 Å². The van der Waals surface area contributed by atoms with E-state index in [1.165, 1.54) is 0 Å². The number of ether oxygens (including phenoxy) is 2. The SMILES string of the molecule is CCc1ccccc1NC(=O)c1ccc(OC)c(COc2ccc(-c3ccccc3)cc2)c1. The molecule has 0 bridgehead atoms. The molecule has 0 fully saturated rings. The lowest BCUT2D eigenvalue weighted by Crippen LogP contribution is -2.14. The average molecular weight is 438 g/mol. The summed E-state index contributed by atoms with van der Waals surface area (Å²) in [4.78, 5) is 12.9. The van der Waals surface area contributed by atoms with Crippen molar-refractivity contribution in [2.24, 2.45) is 0 Å². The molecule has 0 aliphatic heterocycles. The molecule has 0 aromatic heterocycles. The minimum Gasteiger partial charge on any atom is -0.496 e. The van der Waals surface area contributed by atoms with Crippen LogP contribution in [-0.4, -0.2) is 13.0 Å². The Morgan fingerprint density at radius 1 is 0.788 bits per heavy atom. The van der Waals surface area contributed by atoms with Gasteiger partial charge >= 0.3 is 0 Å². The maximum absolute atomic E-state index is 12.9. The Bertz CT molecular complexity index is 1220. The van der Waals surface area contributed by atoms with Gasteiger partial charge in [0.05, 0.1) is 7.11 Å². The van der Waals surface area contributed by atoms with E-state index >= 15 is 0 Å². The van der Waals surface area contributed by atoms with E-state index < -0.39 is 0 Å². The molecule has 166 valence electrons. The van der Waals surface area contributed by atoms with Crippen molar-refractivity contribution in [1.82, 2.24) is 0 Å². The molecule has 0 unspecified atom stereocenters. The molecule has 4 nitrogen and oxygen atoms in total. The molecule has 0 atom stereocenters. The van der Waals surface area contributed by atoms with Gasteiger partial charge in [-0.3, -0.25) is 4.79 Å². The third-order valence-electron chi connectivity index (χ3n) is 5.54. The lowest BCUT2D eigenvalue weighted by Gasteiger charge is -2.14. The molecule has 0 radical (unpaired) electrons. The number of nitrogens with one attached hydrogen (secondary N) is 1. The summed E-state index contributed by atoms with van der Waals surface area (Å²) in [6.07, 6.45) is 0.848. The molecule has 0 aliphatic carbocycles. The fourth-order valence-electron chi connectivity index (χ4n) is 3.71. The third-order valence-corrected chi connectivity index (χ3v) is 5.54. The molecular formula is C29H27NO3. The van der Waals surface area contributed by atoms with Crippen LogP contribution in [0.1, 0.15) is 28.4 Å². The van der Waals surface area contributed by atoms with Gasteiger partial charge in [0.15, 0.2) is 0 Å². The van der Waals surface area contributed by atoms with E-state index in [0.29, 0.717) is 17.9 Å². The smallest absolute Gasteiger partial charge is 0.255 e. The van der Waals surface area contributed by atoms with E-state index in [1.54, 1.807) is 19.2 Å². The first kappa shape index (κ1) is 22.2. The lowest BCUT2D eigenvalue weighted by atomic mass is 10.1. The first-order valence-corrected chi connectivity index (χ1v) is 11.0. The number of rotatable bonds is 8. The Morgan fingerprint density at radius 3 is 2.21 bits per heavy atom. The number of hydrogen-bond acceptors (Lipinski definition) is 3. The highest BCUT2D eigenvalue weighted by atomic mass is 16.5. The first-order chi connectivity index (χ1) is 16.2. The molecule has 4 aromatic rings. The number of benzene rings is 4. The van der Waals surface area contributed by atoms with Crippen LogP contribution >= 0.6 is 0 Å². The van der Waals surface area contributed by atoms with Crippen LogP contribution in [0.3, 0.4) is 0 Å². The Hall–Kier alpha value is -4.05. The average Bonchev–Trinajstić information content (AvgIpc) is 2.88. The number of para-hydroxylation sites is 1. The van der Waals surface area contributed by atoms with E-state index in [9.17, 15) is 4.79 Å². The summed E-state index contributed by atoms with van der Waals surface area (Å²) >= 11 is 0. The topological polar surface area (TPSA) is 47.6 Å². The summed E-state index contributed by atoms with van der Waals surface area (Å²) in [6.45, 7) is 2.36. The van der Waals surface area contributed by atoms with Crippen molar-refractivity contribution in [3.05, 3.63) is 114 Å². The van der Waals surface area contributed by atoms with Gasteiger partial charge in [-0.25, -0.2) is 0 Å². The molecule has 0 saturated heterocycles. The second-order valence-corrected chi connectivity index (χ2v) is 7.67. The van der Waals surface area contributed by atoms with Crippen molar-refractivity contribution in [3.8, 4) is 22.6 Å². The predicted octanol–water partition coefficient (Wildman–Crippen LogP) is 6.76. The molecule has 4 rings (SSSR count). The second-order valence-electron chi connectivity index (χ2n) is 7.67. The van der Waals surface area contributed by atoms with E-state index in [1.807, 2.05) is 72.8 Å². The molecule has 33 heavy (non-hydrogen) atoms. The summed E-state index contributed by atoms with van der Waals surface area (Å²) in [5.41, 5.74) is 5.58. The van der Waals surface area contributed by atoms with Gasteiger partial charge in [-0.15, -0.1) is 0 Å². The molecule has 1 N–H and O–H groups in total. The molecular weight excluding hydrogens is 410 g/mol. The van der Waals surface area contributed by atoms with E-state index in [2.05, 4.69) is 24.4 Å². The van der Waals surface area contributed by atoms with Gasteiger partial charge in [0.25, 0.3) is 5.91 Å². The number of methoxy groups -OCH3 is 1. The molecule has 1 amide bonds. The van der Waals surface area contributed by atoms with Crippen molar-refractivity contribution < 1.29 is 14.3 Å². The zero-order valence-electron chi connectivity index (χ0n) is 18.9. The number of carbonyl (C=O) groups excluding carboxylic acids is 1. The fraction of sp³-hybridized carbons (Fsp3) is 0.138. The minimum absolute atomic E-state index is 0.160. The molecule has 0 heterocycles. The zero-order chi connectivity index (χ0) is 23.0. The molecule has 4 heteroatoms. The first-order valence-electron chi connectivity index (χ1n) is 11.0. The number of amides is 1. The van der Waals surface area contributed by atoms with Crippen molar-refractivity contribution >= 4 is 11.6 Å². The van der Waals surface area contributed by atoms with Crippen LogP contribution in [0.25, 0.3) is 11.1 Å². The highest BCUT2D eigenvalue weighted by Crippen LogP contribution is 2.26. The molecule has 4 aromatic carbocycles. The number of hydrogen-bond donors (Lipinski definition) is 1. The Balaban J connectivity index is 1.47. The largest absolute Gasteiger partial charge is 0.496 e. The third kappa shape index (κ3) is 5.42. The van der Waals surface area contributed by atoms with Gasteiger partial charge in [0.1, 0.15) is 18.1 Å². The summed E-state index contributed by atoms with van der Waals surface area (Å²) in [5, 5.41) is 3.02. The van der Waals surface area contributed by atoms with Gasteiger partial charge in [-0.05, 0) is 59.5 Å². The number of aryl methyl sites for hydroxylation is 1. The van der Waals surface area contributed by atoms with Gasteiger partial charge in [-0.2, -0.15) is 0 Å². The second kappa shape index (κ2) is 10.5. The van der Waals surface area contributed by atoms with Gasteiger partial charge in [0.2, 0.25) is 0 Å². The van der Waals surface area contributed by atoms with Crippen LogP contribution in [0.2, 0.25) is 0 Å². The Morgan fingerprint density at radius 2 is 1.48 bits per heavy atom. The predicted molar refractivity (Wildman–Crippen MR) is 133 cm³/mol. The summed E-state index contributed by atoms with van der Waals surface area (Å²) in [6, 6.07) is 31.4.